The molecule has 0 saturated heterocycles. The van der Waals surface area contributed by atoms with E-state index in [1.807, 2.05) is 23.9 Å². The van der Waals surface area contributed by atoms with Gasteiger partial charge < -0.3 is 15.2 Å². The van der Waals surface area contributed by atoms with Gasteiger partial charge in [0.1, 0.15) is 11.6 Å². The molecule has 0 spiro atoms. The van der Waals surface area contributed by atoms with Crippen LogP contribution in [0.3, 0.4) is 0 Å². The van der Waals surface area contributed by atoms with Crippen molar-refractivity contribution >= 4 is 11.8 Å². The quantitative estimate of drug-likeness (QED) is 0.802. The fourth-order valence-electron chi connectivity index (χ4n) is 1.52. The fourth-order valence-corrected chi connectivity index (χ4v) is 1.52. The van der Waals surface area contributed by atoms with E-state index in [0.717, 1.165) is 24.6 Å². The summed E-state index contributed by atoms with van der Waals surface area (Å²) >= 11 is 0. The van der Waals surface area contributed by atoms with Crippen LogP contribution in [-0.2, 0) is 13.5 Å². The molecular formula is C11H16N6. The van der Waals surface area contributed by atoms with Crippen LogP contribution in [0, 0.1) is 0 Å². The highest BCUT2D eigenvalue weighted by Crippen LogP contribution is 2.05. The molecule has 0 saturated carbocycles. The molecule has 0 radical (unpaired) electrons. The number of hydrogen-bond acceptors (Lipinski definition) is 5. The maximum Gasteiger partial charge on any atom is 0.224 e. The summed E-state index contributed by atoms with van der Waals surface area (Å²) in [5.74, 6) is 2.49. The molecule has 0 aliphatic rings. The molecule has 2 rings (SSSR count). The second kappa shape index (κ2) is 5.29. The molecule has 0 aromatic carbocycles. The number of rotatable bonds is 5. The molecule has 17 heavy (non-hydrogen) atoms. The largest absolute Gasteiger partial charge is 0.369 e. The van der Waals surface area contributed by atoms with Crippen LogP contribution < -0.4 is 10.6 Å². The van der Waals surface area contributed by atoms with Gasteiger partial charge in [0.15, 0.2) is 0 Å². The first-order valence-electron chi connectivity index (χ1n) is 5.50. The zero-order valence-corrected chi connectivity index (χ0v) is 10.0. The lowest BCUT2D eigenvalue weighted by atomic mass is 10.4. The molecule has 0 amide bonds. The van der Waals surface area contributed by atoms with Gasteiger partial charge in [-0.15, -0.1) is 0 Å². The van der Waals surface area contributed by atoms with Crippen molar-refractivity contribution in [3.05, 3.63) is 30.5 Å². The molecule has 0 bridgehead atoms. The molecule has 2 aromatic heterocycles. The molecule has 6 heteroatoms. The van der Waals surface area contributed by atoms with Crippen molar-refractivity contribution in [3.63, 3.8) is 0 Å². The van der Waals surface area contributed by atoms with E-state index in [-0.39, 0.29) is 0 Å². The number of aromatic nitrogens is 4. The van der Waals surface area contributed by atoms with Crippen molar-refractivity contribution in [3.8, 4) is 0 Å². The maximum atomic E-state index is 4.27. The van der Waals surface area contributed by atoms with Crippen molar-refractivity contribution in [1.82, 2.24) is 19.5 Å². The van der Waals surface area contributed by atoms with Gasteiger partial charge in [0, 0.05) is 45.7 Å². The Labute approximate surface area is 100 Å². The first-order valence-corrected chi connectivity index (χ1v) is 5.50. The van der Waals surface area contributed by atoms with Crippen LogP contribution in [-0.4, -0.2) is 33.1 Å². The maximum absolute atomic E-state index is 4.27. The minimum atomic E-state index is 0.618. The van der Waals surface area contributed by atoms with E-state index in [1.54, 1.807) is 19.4 Å². The number of nitrogens with zero attached hydrogens (tertiary/aromatic N) is 4. The molecule has 6 nitrogen and oxygen atoms in total. The summed E-state index contributed by atoms with van der Waals surface area (Å²) in [6.07, 6.45) is 6.34. The van der Waals surface area contributed by atoms with Gasteiger partial charge in [-0.05, 0) is 6.07 Å². The van der Waals surface area contributed by atoms with Crippen molar-refractivity contribution in [2.45, 2.75) is 6.42 Å². The zero-order chi connectivity index (χ0) is 12.1. The average molecular weight is 232 g/mol. The summed E-state index contributed by atoms with van der Waals surface area (Å²) in [5.41, 5.74) is 0. The Hall–Kier alpha value is -2.11. The van der Waals surface area contributed by atoms with E-state index in [0.29, 0.717) is 5.95 Å². The molecule has 90 valence electrons. The van der Waals surface area contributed by atoms with Crippen molar-refractivity contribution in [2.75, 3.05) is 24.2 Å². The van der Waals surface area contributed by atoms with Crippen molar-refractivity contribution in [2.24, 2.45) is 7.05 Å². The standard InChI is InChI=1S/C11H16N6/c1-12-11-15-5-3-9(16-11)13-6-4-10-14-7-8-17(10)2/h3,5,7-8H,4,6H2,1-2H3,(H2,12,13,15,16). The predicted octanol–water partition coefficient (Wildman–Crippen LogP) is 0.906. The summed E-state index contributed by atoms with van der Waals surface area (Å²) in [4.78, 5) is 12.6. The van der Waals surface area contributed by atoms with Crippen LogP contribution in [0.5, 0.6) is 0 Å². The number of hydrogen-bond donors (Lipinski definition) is 2. The summed E-state index contributed by atoms with van der Waals surface area (Å²) in [6, 6.07) is 1.85. The molecule has 2 aromatic rings. The fraction of sp³-hybridized carbons (Fsp3) is 0.364. The normalized spacial score (nSPS) is 10.2. The third-order valence-corrected chi connectivity index (χ3v) is 2.45. The van der Waals surface area contributed by atoms with Crippen LogP contribution in [0.1, 0.15) is 5.82 Å². The van der Waals surface area contributed by atoms with Crippen LogP contribution in [0.2, 0.25) is 0 Å². The molecule has 0 unspecified atom stereocenters. The zero-order valence-electron chi connectivity index (χ0n) is 10.0. The molecule has 0 aliphatic carbocycles. The number of aryl methyl sites for hydroxylation is 1. The van der Waals surface area contributed by atoms with Crippen molar-refractivity contribution < 1.29 is 0 Å². The van der Waals surface area contributed by atoms with Gasteiger partial charge >= 0.3 is 0 Å². The van der Waals surface area contributed by atoms with E-state index in [1.165, 1.54) is 0 Å². The topological polar surface area (TPSA) is 67.7 Å². The second-order valence-corrected chi connectivity index (χ2v) is 3.65. The molecule has 2 N–H and O–H groups in total. The van der Waals surface area contributed by atoms with Crippen LogP contribution in [0.4, 0.5) is 11.8 Å². The minimum absolute atomic E-state index is 0.618. The van der Waals surface area contributed by atoms with Gasteiger partial charge in [-0.25, -0.2) is 9.97 Å². The number of imidazole rings is 1. The molecule has 0 aliphatic heterocycles. The molecule has 2 heterocycles. The summed E-state index contributed by atoms with van der Waals surface area (Å²) in [6.45, 7) is 0.797. The third-order valence-electron chi connectivity index (χ3n) is 2.45. The Morgan fingerprint density at radius 2 is 2.18 bits per heavy atom. The van der Waals surface area contributed by atoms with E-state index in [9.17, 15) is 0 Å². The van der Waals surface area contributed by atoms with Gasteiger partial charge in [0.25, 0.3) is 0 Å². The Kier molecular flexibility index (Phi) is 3.54. The summed E-state index contributed by atoms with van der Waals surface area (Å²) in [7, 11) is 3.79. The molecule has 0 atom stereocenters. The van der Waals surface area contributed by atoms with Gasteiger partial charge in [-0.2, -0.15) is 4.98 Å². The Morgan fingerprint density at radius 1 is 1.29 bits per heavy atom. The smallest absolute Gasteiger partial charge is 0.224 e. The van der Waals surface area contributed by atoms with Gasteiger partial charge in [0.2, 0.25) is 5.95 Å². The first-order chi connectivity index (χ1) is 8.29. The highest BCUT2D eigenvalue weighted by atomic mass is 15.1. The lowest BCUT2D eigenvalue weighted by molar-refractivity contribution is 0.788. The van der Waals surface area contributed by atoms with Gasteiger partial charge in [-0.1, -0.05) is 0 Å². The van der Waals surface area contributed by atoms with Crippen LogP contribution in [0.25, 0.3) is 0 Å². The highest BCUT2D eigenvalue weighted by Gasteiger charge is 2.00. The lowest BCUT2D eigenvalue weighted by Crippen LogP contribution is -2.10. The van der Waals surface area contributed by atoms with E-state index in [4.69, 9.17) is 0 Å². The van der Waals surface area contributed by atoms with Gasteiger partial charge in [0.05, 0.1) is 0 Å². The van der Waals surface area contributed by atoms with Crippen molar-refractivity contribution in [1.29, 1.82) is 0 Å². The lowest BCUT2D eigenvalue weighted by Gasteiger charge is -2.06. The summed E-state index contributed by atoms with van der Waals surface area (Å²) < 4.78 is 2.01. The minimum Gasteiger partial charge on any atom is -0.369 e. The number of anilines is 2. The number of nitrogens with one attached hydrogen (secondary N) is 2. The summed E-state index contributed by atoms with van der Waals surface area (Å²) in [5, 5.41) is 6.14. The van der Waals surface area contributed by atoms with E-state index >= 15 is 0 Å². The van der Waals surface area contributed by atoms with E-state index in [2.05, 4.69) is 25.6 Å². The Bertz CT molecular complexity index is 478. The first kappa shape index (κ1) is 11.4. The van der Waals surface area contributed by atoms with Gasteiger partial charge in [-0.3, -0.25) is 0 Å². The third kappa shape index (κ3) is 2.93. The Balaban J connectivity index is 1.87. The van der Waals surface area contributed by atoms with Crippen LogP contribution >= 0.6 is 0 Å². The predicted molar refractivity (Wildman–Crippen MR) is 67.0 cm³/mol. The molecular weight excluding hydrogens is 216 g/mol. The second-order valence-electron chi connectivity index (χ2n) is 3.65. The molecule has 0 fully saturated rings. The van der Waals surface area contributed by atoms with E-state index < -0.39 is 0 Å². The van der Waals surface area contributed by atoms with Crippen LogP contribution in [0.15, 0.2) is 24.7 Å². The monoisotopic (exact) mass is 232 g/mol. The SMILES string of the molecule is CNc1nccc(NCCc2nccn2C)n1. The highest BCUT2D eigenvalue weighted by molar-refractivity contribution is 5.39. The average Bonchev–Trinajstić information content (AvgIpc) is 2.76. The Morgan fingerprint density at radius 3 is 2.88 bits per heavy atom.